The molecule has 0 bridgehead atoms. The van der Waals surface area contributed by atoms with Crippen molar-refractivity contribution in [2.75, 3.05) is 0 Å². The van der Waals surface area contributed by atoms with E-state index in [1.807, 2.05) is 37.3 Å². The van der Waals surface area contributed by atoms with Crippen LogP contribution in [0.3, 0.4) is 0 Å². The van der Waals surface area contributed by atoms with Crippen molar-refractivity contribution in [3.63, 3.8) is 0 Å². The molecule has 0 heterocycles. The van der Waals surface area contributed by atoms with Crippen LogP contribution in [0.15, 0.2) is 30.3 Å². The minimum absolute atomic E-state index is 0.0948. The van der Waals surface area contributed by atoms with Gasteiger partial charge in [0, 0.05) is 12.5 Å². The van der Waals surface area contributed by atoms with Crippen LogP contribution in [-0.4, -0.2) is 23.2 Å². The van der Waals surface area contributed by atoms with Crippen molar-refractivity contribution < 1.29 is 19.4 Å². The summed E-state index contributed by atoms with van der Waals surface area (Å²) in [4.78, 5) is 21.8. The van der Waals surface area contributed by atoms with Crippen molar-refractivity contribution in [2.24, 2.45) is 0 Å². The number of rotatable bonds is 7. The summed E-state index contributed by atoms with van der Waals surface area (Å²) < 4.78 is 5.06. The van der Waals surface area contributed by atoms with Crippen LogP contribution in [0.25, 0.3) is 0 Å². The smallest absolute Gasteiger partial charge is 0.407 e. The number of carboxylic acids is 1. The third kappa shape index (κ3) is 7.08. The molecular weight excluding hydrogens is 246 g/mol. The maximum absolute atomic E-state index is 11.5. The number of carboxylic acid groups (broad SMARTS) is 1. The van der Waals surface area contributed by atoms with Gasteiger partial charge in [-0.25, -0.2) is 4.79 Å². The van der Waals surface area contributed by atoms with Crippen LogP contribution in [0.2, 0.25) is 0 Å². The van der Waals surface area contributed by atoms with Crippen LogP contribution in [0.4, 0.5) is 4.79 Å². The Morgan fingerprint density at radius 2 is 2.00 bits per heavy atom. The highest BCUT2D eigenvalue weighted by atomic mass is 16.5. The van der Waals surface area contributed by atoms with Crippen LogP contribution < -0.4 is 5.32 Å². The minimum atomic E-state index is -0.821. The lowest BCUT2D eigenvalue weighted by Crippen LogP contribution is -2.33. The Morgan fingerprint density at radius 1 is 1.32 bits per heavy atom. The fraction of sp³-hybridized carbons (Fsp3) is 0.429. The van der Waals surface area contributed by atoms with E-state index in [2.05, 4.69) is 5.32 Å². The van der Waals surface area contributed by atoms with Gasteiger partial charge in [-0.1, -0.05) is 30.3 Å². The average Bonchev–Trinajstić information content (AvgIpc) is 2.37. The van der Waals surface area contributed by atoms with Gasteiger partial charge in [0.2, 0.25) is 0 Å². The Labute approximate surface area is 112 Å². The predicted octanol–water partition coefficient (Wildman–Crippen LogP) is 2.56. The molecule has 0 fully saturated rings. The standard InChI is InChI=1S/C14H19NO4/c1-11(6-5-9-13(16)17)15-14(18)19-10-12-7-3-2-4-8-12/h2-4,7-8,11H,5-6,9-10H2,1H3,(H,15,18)(H,16,17). The number of carbonyl (C=O) groups excluding carboxylic acids is 1. The second kappa shape index (κ2) is 8.13. The highest BCUT2D eigenvalue weighted by Gasteiger charge is 2.09. The van der Waals surface area contributed by atoms with Gasteiger partial charge in [-0.05, 0) is 25.3 Å². The van der Waals surface area contributed by atoms with Crippen molar-refractivity contribution in [3.05, 3.63) is 35.9 Å². The number of alkyl carbamates (subject to hydrolysis) is 1. The van der Waals surface area contributed by atoms with Crippen molar-refractivity contribution in [1.82, 2.24) is 5.32 Å². The van der Waals surface area contributed by atoms with Gasteiger partial charge in [0.1, 0.15) is 6.61 Å². The molecule has 1 amide bonds. The molecule has 0 aliphatic carbocycles. The second-order valence-electron chi connectivity index (χ2n) is 4.39. The summed E-state index contributed by atoms with van der Waals surface area (Å²) in [5.74, 6) is -0.821. The van der Waals surface area contributed by atoms with E-state index in [4.69, 9.17) is 9.84 Å². The molecule has 0 saturated heterocycles. The predicted molar refractivity (Wildman–Crippen MR) is 70.7 cm³/mol. The number of aliphatic carboxylic acids is 1. The molecule has 2 N–H and O–H groups in total. The third-order valence-electron chi connectivity index (χ3n) is 2.60. The zero-order valence-electron chi connectivity index (χ0n) is 11.0. The molecule has 0 aliphatic heterocycles. The van der Waals surface area contributed by atoms with Crippen LogP contribution >= 0.6 is 0 Å². The summed E-state index contributed by atoms with van der Waals surface area (Å²) in [7, 11) is 0. The van der Waals surface area contributed by atoms with E-state index >= 15 is 0 Å². The monoisotopic (exact) mass is 265 g/mol. The van der Waals surface area contributed by atoms with Crippen molar-refractivity contribution in [2.45, 2.75) is 38.8 Å². The molecule has 5 nitrogen and oxygen atoms in total. The van der Waals surface area contributed by atoms with Gasteiger partial charge in [0.05, 0.1) is 0 Å². The summed E-state index contributed by atoms with van der Waals surface area (Å²) in [5.41, 5.74) is 0.927. The Hall–Kier alpha value is -2.04. The average molecular weight is 265 g/mol. The Kier molecular flexibility index (Phi) is 6.43. The van der Waals surface area contributed by atoms with E-state index in [-0.39, 0.29) is 19.1 Å². The fourth-order valence-electron chi connectivity index (χ4n) is 1.60. The van der Waals surface area contributed by atoms with Gasteiger partial charge in [-0.15, -0.1) is 0 Å². The molecule has 1 aromatic carbocycles. The molecule has 0 aromatic heterocycles. The first-order chi connectivity index (χ1) is 9.08. The first kappa shape index (κ1) is 15.0. The minimum Gasteiger partial charge on any atom is -0.481 e. The fourth-order valence-corrected chi connectivity index (χ4v) is 1.60. The number of carbonyl (C=O) groups is 2. The van der Waals surface area contributed by atoms with E-state index in [0.29, 0.717) is 12.8 Å². The number of hydrogen-bond acceptors (Lipinski definition) is 3. The summed E-state index contributed by atoms with van der Waals surface area (Å²) in [6.45, 7) is 2.06. The number of ether oxygens (including phenoxy) is 1. The largest absolute Gasteiger partial charge is 0.481 e. The topological polar surface area (TPSA) is 75.6 Å². The molecule has 0 saturated carbocycles. The van der Waals surface area contributed by atoms with E-state index in [1.165, 1.54) is 0 Å². The van der Waals surface area contributed by atoms with Gasteiger partial charge >= 0.3 is 12.1 Å². The van der Waals surface area contributed by atoms with Crippen molar-refractivity contribution >= 4 is 12.1 Å². The lowest BCUT2D eigenvalue weighted by molar-refractivity contribution is -0.137. The number of hydrogen-bond donors (Lipinski definition) is 2. The summed E-state index contributed by atoms with van der Waals surface area (Å²) in [6, 6.07) is 9.32. The first-order valence-corrected chi connectivity index (χ1v) is 6.27. The van der Waals surface area contributed by atoms with Gasteiger partial charge in [0.15, 0.2) is 0 Å². The highest BCUT2D eigenvalue weighted by Crippen LogP contribution is 2.03. The van der Waals surface area contributed by atoms with Crippen molar-refractivity contribution in [1.29, 1.82) is 0 Å². The zero-order valence-corrected chi connectivity index (χ0v) is 11.0. The molecule has 0 radical (unpaired) electrons. The molecule has 5 heteroatoms. The zero-order chi connectivity index (χ0) is 14.1. The molecule has 1 unspecified atom stereocenters. The lowest BCUT2D eigenvalue weighted by atomic mass is 10.1. The van der Waals surface area contributed by atoms with Gasteiger partial charge in [-0.2, -0.15) is 0 Å². The van der Waals surface area contributed by atoms with Crippen LogP contribution in [0.5, 0.6) is 0 Å². The molecule has 0 aliphatic rings. The first-order valence-electron chi connectivity index (χ1n) is 6.27. The summed E-state index contributed by atoms with van der Waals surface area (Å²) in [5, 5.41) is 11.2. The van der Waals surface area contributed by atoms with Crippen LogP contribution in [-0.2, 0) is 16.1 Å². The van der Waals surface area contributed by atoms with E-state index in [9.17, 15) is 9.59 Å². The van der Waals surface area contributed by atoms with E-state index in [1.54, 1.807) is 0 Å². The quantitative estimate of drug-likeness (QED) is 0.794. The molecule has 1 rings (SSSR count). The number of benzene rings is 1. The molecule has 1 aromatic rings. The molecule has 1 atom stereocenters. The molecule has 0 spiro atoms. The summed E-state index contributed by atoms with van der Waals surface area (Å²) >= 11 is 0. The van der Waals surface area contributed by atoms with Gasteiger partial charge in [0.25, 0.3) is 0 Å². The number of nitrogens with one attached hydrogen (secondary N) is 1. The van der Waals surface area contributed by atoms with Gasteiger partial charge < -0.3 is 15.2 Å². The van der Waals surface area contributed by atoms with E-state index in [0.717, 1.165) is 5.56 Å². The Morgan fingerprint density at radius 3 is 2.63 bits per heavy atom. The second-order valence-corrected chi connectivity index (χ2v) is 4.39. The SMILES string of the molecule is CC(CCCC(=O)O)NC(=O)OCc1ccccc1. The van der Waals surface area contributed by atoms with E-state index < -0.39 is 12.1 Å². The van der Waals surface area contributed by atoms with Crippen LogP contribution in [0, 0.1) is 0 Å². The normalized spacial score (nSPS) is 11.6. The number of amides is 1. The molecule has 104 valence electrons. The highest BCUT2D eigenvalue weighted by molar-refractivity contribution is 5.67. The third-order valence-corrected chi connectivity index (χ3v) is 2.60. The Bertz CT molecular complexity index is 405. The maximum atomic E-state index is 11.5. The van der Waals surface area contributed by atoms with Gasteiger partial charge in [-0.3, -0.25) is 4.79 Å². The summed E-state index contributed by atoms with van der Waals surface area (Å²) in [6.07, 6.45) is 0.791. The maximum Gasteiger partial charge on any atom is 0.407 e. The van der Waals surface area contributed by atoms with Crippen LogP contribution in [0.1, 0.15) is 31.7 Å². The lowest BCUT2D eigenvalue weighted by Gasteiger charge is -2.13. The molecule has 19 heavy (non-hydrogen) atoms. The Balaban J connectivity index is 2.18. The molecular formula is C14H19NO4. The van der Waals surface area contributed by atoms with Crippen molar-refractivity contribution in [3.8, 4) is 0 Å².